The minimum absolute atomic E-state index is 0.687. The van der Waals surface area contributed by atoms with E-state index >= 15 is 0 Å². The van der Waals surface area contributed by atoms with Gasteiger partial charge in [0.25, 0.3) is 0 Å². The van der Waals surface area contributed by atoms with Crippen molar-refractivity contribution in [2.24, 2.45) is 5.92 Å². The van der Waals surface area contributed by atoms with Gasteiger partial charge < -0.3 is 10.1 Å². The maximum atomic E-state index is 5.10. The molecule has 0 radical (unpaired) electrons. The topological polar surface area (TPSA) is 24.5 Å². The van der Waals surface area contributed by atoms with E-state index in [0.717, 1.165) is 32.8 Å². The first-order chi connectivity index (χ1) is 9.52. The van der Waals surface area contributed by atoms with Crippen LogP contribution in [0.2, 0.25) is 0 Å². The number of nitrogens with one attached hydrogen (secondary N) is 1. The lowest BCUT2D eigenvalue weighted by molar-refractivity contribution is 0.158. The Morgan fingerprint density at radius 3 is 2.70 bits per heavy atom. The second kappa shape index (κ2) is 9.50. The van der Waals surface area contributed by atoms with Crippen LogP contribution in [-0.2, 0) is 17.8 Å². The lowest BCUT2D eigenvalue weighted by Crippen LogP contribution is -2.22. The van der Waals surface area contributed by atoms with Crippen molar-refractivity contribution in [3.05, 3.63) is 33.8 Å². The number of methoxy groups -OCH3 is 1. The average Bonchev–Trinajstić information content (AvgIpc) is 2.39. The van der Waals surface area contributed by atoms with E-state index in [0.29, 0.717) is 5.92 Å². The molecule has 0 amide bonds. The molecule has 0 saturated heterocycles. The molecule has 114 valence electrons. The van der Waals surface area contributed by atoms with Crippen LogP contribution in [0.1, 0.15) is 25.0 Å². The Balaban J connectivity index is 2.50. The first-order valence-corrected chi connectivity index (χ1v) is 7.97. The van der Waals surface area contributed by atoms with Crippen molar-refractivity contribution in [1.82, 2.24) is 10.2 Å². The van der Waals surface area contributed by atoms with Gasteiger partial charge in [-0.2, -0.15) is 0 Å². The van der Waals surface area contributed by atoms with Crippen molar-refractivity contribution in [2.45, 2.75) is 26.9 Å². The van der Waals surface area contributed by atoms with Gasteiger partial charge >= 0.3 is 0 Å². The van der Waals surface area contributed by atoms with Crippen LogP contribution in [0.5, 0.6) is 0 Å². The van der Waals surface area contributed by atoms with E-state index in [9.17, 15) is 0 Å². The third-order valence-corrected chi connectivity index (χ3v) is 3.85. The smallest absolute Gasteiger partial charge is 0.0589 e. The molecule has 4 heteroatoms. The minimum Gasteiger partial charge on any atom is -0.383 e. The molecule has 20 heavy (non-hydrogen) atoms. The van der Waals surface area contributed by atoms with E-state index in [-0.39, 0.29) is 0 Å². The number of nitrogens with zero attached hydrogens (tertiary/aromatic N) is 1. The van der Waals surface area contributed by atoms with Crippen molar-refractivity contribution in [3.63, 3.8) is 0 Å². The average molecular weight is 343 g/mol. The summed E-state index contributed by atoms with van der Waals surface area (Å²) in [6, 6.07) is 6.63. The van der Waals surface area contributed by atoms with Crippen LogP contribution >= 0.6 is 15.9 Å². The molecule has 1 N–H and O–H groups in total. The van der Waals surface area contributed by atoms with Gasteiger partial charge in [-0.15, -0.1) is 0 Å². The molecule has 0 unspecified atom stereocenters. The lowest BCUT2D eigenvalue weighted by atomic mass is 10.1. The van der Waals surface area contributed by atoms with Gasteiger partial charge in [0.05, 0.1) is 6.61 Å². The Morgan fingerprint density at radius 2 is 2.10 bits per heavy atom. The molecular formula is C16H27BrN2O. The van der Waals surface area contributed by atoms with Crippen LogP contribution in [0.4, 0.5) is 0 Å². The highest BCUT2D eigenvalue weighted by Gasteiger charge is 2.05. The quantitative estimate of drug-likeness (QED) is 0.745. The summed E-state index contributed by atoms with van der Waals surface area (Å²) in [5, 5.41) is 3.47. The molecule has 0 aliphatic carbocycles. The lowest BCUT2D eigenvalue weighted by Gasteiger charge is -2.17. The zero-order valence-corrected chi connectivity index (χ0v) is 14.7. The maximum Gasteiger partial charge on any atom is 0.0589 e. The van der Waals surface area contributed by atoms with Gasteiger partial charge in [0.1, 0.15) is 0 Å². The zero-order chi connectivity index (χ0) is 15.0. The summed E-state index contributed by atoms with van der Waals surface area (Å²) in [5.74, 6) is 0.687. The fourth-order valence-corrected chi connectivity index (χ4v) is 2.50. The fraction of sp³-hybridized carbons (Fsp3) is 0.625. The SMILES string of the molecule is COCCN(C)Cc1ccc(CNCC(C)C)cc1Br. The molecule has 1 aromatic rings. The largest absolute Gasteiger partial charge is 0.383 e. The molecule has 0 atom stereocenters. The number of hydrogen-bond donors (Lipinski definition) is 1. The summed E-state index contributed by atoms with van der Waals surface area (Å²) >= 11 is 3.68. The highest BCUT2D eigenvalue weighted by atomic mass is 79.9. The Morgan fingerprint density at radius 1 is 1.35 bits per heavy atom. The summed E-state index contributed by atoms with van der Waals surface area (Å²) in [4.78, 5) is 2.26. The molecule has 0 aliphatic rings. The Kier molecular flexibility index (Phi) is 8.38. The van der Waals surface area contributed by atoms with Crippen molar-refractivity contribution in [1.29, 1.82) is 0 Å². The van der Waals surface area contributed by atoms with Crippen molar-refractivity contribution in [3.8, 4) is 0 Å². The number of rotatable bonds is 9. The van der Waals surface area contributed by atoms with Gasteiger partial charge in [-0.25, -0.2) is 0 Å². The normalized spacial score (nSPS) is 11.6. The minimum atomic E-state index is 0.687. The molecule has 3 nitrogen and oxygen atoms in total. The van der Waals surface area contributed by atoms with Crippen molar-refractivity contribution < 1.29 is 4.74 Å². The summed E-state index contributed by atoms with van der Waals surface area (Å²) in [7, 11) is 3.85. The van der Waals surface area contributed by atoms with E-state index in [1.54, 1.807) is 7.11 Å². The van der Waals surface area contributed by atoms with Crippen molar-refractivity contribution >= 4 is 15.9 Å². The predicted molar refractivity (Wildman–Crippen MR) is 88.9 cm³/mol. The van der Waals surface area contributed by atoms with E-state index in [1.165, 1.54) is 15.6 Å². The number of halogens is 1. The highest BCUT2D eigenvalue weighted by molar-refractivity contribution is 9.10. The van der Waals surface area contributed by atoms with E-state index in [1.807, 2.05) is 0 Å². The number of hydrogen-bond acceptors (Lipinski definition) is 3. The van der Waals surface area contributed by atoms with Gasteiger partial charge in [-0.3, -0.25) is 4.90 Å². The highest BCUT2D eigenvalue weighted by Crippen LogP contribution is 2.20. The van der Waals surface area contributed by atoms with Gasteiger partial charge in [0, 0.05) is 31.2 Å². The van der Waals surface area contributed by atoms with E-state index in [4.69, 9.17) is 4.74 Å². The molecule has 0 spiro atoms. The standard InChI is InChI=1S/C16H27BrN2O/c1-13(2)10-18-11-14-5-6-15(16(17)9-14)12-19(3)7-8-20-4/h5-6,9,13,18H,7-8,10-12H2,1-4H3. The molecule has 0 aromatic heterocycles. The molecule has 1 rings (SSSR count). The second-order valence-corrected chi connectivity index (χ2v) is 6.54. The monoisotopic (exact) mass is 342 g/mol. The van der Waals surface area contributed by atoms with Crippen LogP contribution in [0.25, 0.3) is 0 Å². The Hall–Kier alpha value is -0.420. The van der Waals surface area contributed by atoms with Crippen LogP contribution in [0.3, 0.4) is 0 Å². The Labute approximate surface area is 131 Å². The summed E-state index contributed by atoms with van der Waals surface area (Å²) in [5.41, 5.74) is 2.64. The Bertz CT molecular complexity index is 396. The van der Waals surface area contributed by atoms with Gasteiger partial charge in [-0.1, -0.05) is 41.9 Å². The third-order valence-electron chi connectivity index (χ3n) is 3.12. The molecular weight excluding hydrogens is 316 g/mol. The maximum absolute atomic E-state index is 5.10. The number of benzene rings is 1. The molecule has 0 fully saturated rings. The zero-order valence-electron chi connectivity index (χ0n) is 13.1. The van der Waals surface area contributed by atoms with Gasteiger partial charge in [0.15, 0.2) is 0 Å². The first-order valence-electron chi connectivity index (χ1n) is 7.18. The molecule has 1 aromatic carbocycles. The van der Waals surface area contributed by atoms with Crippen LogP contribution in [0.15, 0.2) is 22.7 Å². The van der Waals surface area contributed by atoms with Crippen LogP contribution in [-0.4, -0.2) is 38.8 Å². The first kappa shape index (κ1) is 17.6. The summed E-state index contributed by atoms with van der Waals surface area (Å²) in [6.45, 7) is 9.08. The predicted octanol–water partition coefficient (Wildman–Crippen LogP) is 3.27. The van der Waals surface area contributed by atoms with Crippen molar-refractivity contribution in [2.75, 3.05) is 33.9 Å². The van der Waals surface area contributed by atoms with E-state index in [2.05, 4.69) is 65.2 Å². The van der Waals surface area contributed by atoms with Gasteiger partial charge in [0.2, 0.25) is 0 Å². The summed E-state index contributed by atoms with van der Waals surface area (Å²) in [6.07, 6.45) is 0. The second-order valence-electron chi connectivity index (χ2n) is 5.68. The third kappa shape index (κ3) is 6.84. The molecule has 0 heterocycles. The van der Waals surface area contributed by atoms with Crippen LogP contribution < -0.4 is 5.32 Å². The number of ether oxygens (including phenoxy) is 1. The van der Waals surface area contributed by atoms with E-state index < -0.39 is 0 Å². The van der Waals surface area contributed by atoms with Crippen LogP contribution in [0, 0.1) is 5.92 Å². The summed E-state index contributed by atoms with van der Waals surface area (Å²) < 4.78 is 6.29. The molecule has 0 bridgehead atoms. The number of likely N-dealkylation sites (N-methyl/N-ethyl adjacent to an activating group) is 1. The van der Waals surface area contributed by atoms with Gasteiger partial charge in [-0.05, 0) is 36.7 Å². The molecule has 0 saturated carbocycles. The fourth-order valence-electron chi connectivity index (χ4n) is 1.95. The molecule has 0 aliphatic heterocycles.